The minimum Gasteiger partial charge on any atom is -0.443 e. The summed E-state index contributed by atoms with van der Waals surface area (Å²) in [5, 5.41) is 2.82. The van der Waals surface area contributed by atoms with Gasteiger partial charge in [0.1, 0.15) is 5.60 Å². The fourth-order valence-electron chi connectivity index (χ4n) is 2.56. The fourth-order valence-corrected chi connectivity index (χ4v) is 2.56. The lowest BCUT2D eigenvalue weighted by molar-refractivity contribution is -0.119. The number of aryl methyl sites for hydroxylation is 1. The Kier molecular flexibility index (Phi) is 5.47. The van der Waals surface area contributed by atoms with Gasteiger partial charge in [0.15, 0.2) is 0 Å². The molecule has 25 heavy (non-hydrogen) atoms. The van der Waals surface area contributed by atoms with Gasteiger partial charge >= 0.3 is 6.09 Å². The molecule has 0 radical (unpaired) electrons. The maximum absolute atomic E-state index is 12.4. The van der Waals surface area contributed by atoms with Crippen LogP contribution in [-0.4, -0.2) is 49.0 Å². The Morgan fingerprint density at radius 1 is 1.24 bits per heavy atom. The molecule has 0 unspecified atom stereocenters. The van der Waals surface area contributed by atoms with Crippen LogP contribution < -0.4 is 10.2 Å². The molecule has 1 heterocycles. The molecule has 0 saturated heterocycles. The molecule has 136 valence electrons. The number of likely N-dealkylation sites (N-methyl/N-ethyl adjacent to an activating group) is 1. The van der Waals surface area contributed by atoms with Crippen molar-refractivity contribution in [1.29, 1.82) is 0 Å². The molecule has 0 aromatic heterocycles. The Morgan fingerprint density at radius 2 is 1.92 bits per heavy atom. The van der Waals surface area contributed by atoms with Crippen LogP contribution in [0.3, 0.4) is 0 Å². The van der Waals surface area contributed by atoms with Gasteiger partial charge in [-0.3, -0.25) is 9.59 Å². The predicted molar refractivity (Wildman–Crippen MR) is 95.7 cm³/mol. The highest BCUT2D eigenvalue weighted by Crippen LogP contribution is 2.31. The highest BCUT2D eigenvalue weighted by molar-refractivity contribution is 6.14. The lowest BCUT2D eigenvalue weighted by Gasteiger charge is -2.30. The van der Waals surface area contributed by atoms with Gasteiger partial charge < -0.3 is 15.0 Å². The number of ether oxygens (including phenoxy) is 1. The quantitative estimate of drug-likeness (QED) is 0.908. The van der Waals surface area contributed by atoms with E-state index in [1.54, 1.807) is 43.9 Å². The summed E-state index contributed by atoms with van der Waals surface area (Å²) >= 11 is 0. The zero-order valence-corrected chi connectivity index (χ0v) is 15.4. The first kappa shape index (κ1) is 18.9. The van der Waals surface area contributed by atoms with E-state index in [-0.39, 0.29) is 24.8 Å². The maximum atomic E-state index is 12.4. The van der Waals surface area contributed by atoms with Crippen molar-refractivity contribution >= 4 is 29.3 Å². The van der Waals surface area contributed by atoms with E-state index in [1.807, 2.05) is 14.1 Å². The summed E-state index contributed by atoms with van der Waals surface area (Å²) in [6.45, 7) is 5.54. The number of nitrogens with zero attached hydrogens (tertiary/aromatic N) is 2. The van der Waals surface area contributed by atoms with Crippen LogP contribution >= 0.6 is 0 Å². The van der Waals surface area contributed by atoms with Gasteiger partial charge in [-0.05, 0) is 65.0 Å². The van der Waals surface area contributed by atoms with Crippen LogP contribution in [0.4, 0.5) is 16.2 Å². The summed E-state index contributed by atoms with van der Waals surface area (Å²) in [6, 6.07) is 5.15. The molecule has 7 heteroatoms. The summed E-state index contributed by atoms with van der Waals surface area (Å²) in [7, 11) is 3.63. The molecular formula is C18H25N3O4. The number of hydrogen-bond acceptors (Lipinski definition) is 5. The second-order valence-corrected chi connectivity index (χ2v) is 7.34. The third kappa shape index (κ3) is 5.03. The first-order chi connectivity index (χ1) is 11.6. The maximum Gasteiger partial charge on any atom is 0.421 e. The predicted octanol–water partition coefficient (Wildman–Crippen LogP) is 2.40. The monoisotopic (exact) mass is 347 g/mol. The van der Waals surface area contributed by atoms with Crippen LogP contribution in [0.25, 0.3) is 0 Å². The van der Waals surface area contributed by atoms with Crippen LogP contribution in [0.5, 0.6) is 0 Å². The molecule has 1 aromatic rings. The number of carbonyl (C=O) groups excluding carboxylic acids is 3. The van der Waals surface area contributed by atoms with Gasteiger partial charge in [0.25, 0.3) is 0 Å². The lowest BCUT2D eigenvalue weighted by atomic mass is 10.0. The number of hydrogen-bond donors (Lipinski definition) is 1. The van der Waals surface area contributed by atoms with E-state index in [4.69, 9.17) is 4.74 Å². The molecule has 0 atom stereocenters. The molecule has 1 aliphatic heterocycles. The summed E-state index contributed by atoms with van der Waals surface area (Å²) in [5.41, 5.74) is 1.29. The zero-order chi connectivity index (χ0) is 18.8. The lowest BCUT2D eigenvalue weighted by Crippen LogP contribution is -2.43. The molecule has 0 bridgehead atoms. The highest BCUT2D eigenvalue weighted by atomic mass is 16.6. The van der Waals surface area contributed by atoms with E-state index in [1.165, 1.54) is 0 Å². The van der Waals surface area contributed by atoms with E-state index in [9.17, 15) is 14.4 Å². The smallest absolute Gasteiger partial charge is 0.421 e. The Labute approximate surface area is 147 Å². The fraction of sp³-hybridized carbons (Fsp3) is 0.500. The van der Waals surface area contributed by atoms with Gasteiger partial charge in [-0.2, -0.15) is 0 Å². The van der Waals surface area contributed by atoms with Gasteiger partial charge in [-0.15, -0.1) is 0 Å². The van der Waals surface area contributed by atoms with Crippen molar-refractivity contribution in [3.63, 3.8) is 0 Å². The van der Waals surface area contributed by atoms with Crippen LogP contribution in [0.15, 0.2) is 18.2 Å². The Bertz CT molecular complexity index is 692. The van der Waals surface area contributed by atoms with Gasteiger partial charge in [-0.1, -0.05) is 0 Å². The molecule has 2 rings (SSSR count). The summed E-state index contributed by atoms with van der Waals surface area (Å²) in [4.78, 5) is 39.3. The van der Waals surface area contributed by atoms with E-state index in [0.717, 1.165) is 10.5 Å². The Morgan fingerprint density at radius 3 is 2.52 bits per heavy atom. The number of imide groups is 1. The number of fused-ring (bicyclic) bond motifs is 1. The van der Waals surface area contributed by atoms with E-state index in [0.29, 0.717) is 17.8 Å². The third-order valence-electron chi connectivity index (χ3n) is 3.50. The summed E-state index contributed by atoms with van der Waals surface area (Å²) in [5.74, 6) is -0.410. The standard InChI is InChI=1S/C18H25N3O4/c1-18(2,3)25-17(24)21-14-8-7-13(19-15(22)11-20(4)5)10-12(14)6-9-16(21)23/h7-8,10H,6,9,11H2,1-5H3,(H,19,22). The number of amides is 3. The SMILES string of the molecule is CN(C)CC(=O)Nc1ccc2c(c1)CCC(=O)N2C(=O)OC(C)(C)C. The van der Waals surface area contributed by atoms with Crippen molar-refractivity contribution in [2.45, 2.75) is 39.2 Å². The van der Waals surface area contributed by atoms with Crippen LogP contribution in [0, 0.1) is 0 Å². The molecular weight excluding hydrogens is 322 g/mol. The van der Waals surface area contributed by atoms with Gasteiger partial charge in [0.05, 0.1) is 12.2 Å². The van der Waals surface area contributed by atoms with Crippen LogP contribution in [-0.2, 0) is 20.7 Å². The van der Waals surface area contributed by atoms with Crippen molar-refractivity contribution < 1.29 is 19.1 Å². The van der Waals surface area contributed by atoms with Gasteiger partial charge in [0, 0.05) is 12.1 Å². The molecule has 1 aliphatic rings. The Balaban J connectivity index is 2.23. The number of carbonyl (C=O) groups is 3. The molecule has 0 saturated carbocycles. The van der Waals surface area contributed by atoms with Crippen molar-refractivity contribution in [2.24, 2.45) is 0 Å². The van der Waals surface area contributed by atoms with Crippen molar-refractivity contribution in [2.75, 3.05) is 30.9 Å². The first-order valence-corrected chi connectivity index (χ1v) is 8.20. The van der Waals surface area contributed by atoms with E-state index >= 15 is 0 Å². The summed E-state index contributed by atoms with van der Waals surface area (Å²) < 4.78 is 5.33. The molecule has 7 nitrogen and oxygen atoms in total. The molecule has 0 aliphatic carbocycles. The first-order valence-electron chi connectivity index (χ1n) is 8.20. The second-order valence-electron chi connectivity index (χ2n) is 7.34. The van der Waals surface area contributed by atoms with Crippen LogP contribution in [0.2, 0.25) is 0 Å². The zero-order valence-electron chi connectivity index (χ0n) is 15.4. The average Bonchev–Trinajstić information content (AvgIpc) is 2.44. The number of benzene rings is 1. The minimum absolute atomic E-state index is 0.124. The molecule has 0 fully saturated rings. The molecule has 1 N–H and O–H groups in total. The number of anilines is 2. The Hall–Kier alpha value is -2.41. The van der Waals surface area contributed by atoms with E-state index < -0.39 is 11.7 Å². The van der Waals surface area contributed by atoms with Crippen LogP contribution in [0.1, 0.15) is 32.8 Å². The van der Waals surface area contributed by atoms with Gasteiger partial charge in [0.2, 0.25) is 11.8 Å². The van der Waals surface area contributed by atoms with Gasteiger partial charge in [-0.25, -0.2) is 9.69 Å². The molecule has 1 aromatic carbocycles. The molecule has 3 amide bonds. The largest absolute Gasteiger partial charge is 0.443 e. The average molecular weight is 347 g/mol. The van der Waals surface area contributed by atoms with Crippen molar-refractivity contribution in [3.8, 4) is 0 Å². The number of nitrogens with one attached hydrogen (secondary N) is 1. The number of rotatable bonds is 3. The van der Waals surface area contributed by atoms with Crippen molar-refractivity contribution in [1.82, 2.24) is 4.90 Å². The second kappa shape index (κ2) is 7.23. The summed E-state index contributed by atoms with van der Waals surface area (Å²) in [6.07, 6.45) is 0.0643. The topological polar surface area (TPSA) is 79.0 Å². The third-order valence-corrected chi connectivity index (χ3v) is 3.50. The van der Waals surface area contributed by atoms with Crippen molar-refractivity contribution in [3.05, 3.63) is 23.8 Å². The minimum atomic E-state index is -0.685. The normalized spacial score (nSPS) is 14.3. The molecule has 0 spiro atoms. The van der Waals surface area contributed by atoms with E-state index in [2.05, 4.69) is 5.32 Å². The highest BCUT2D eigenvalue weighted by Gasteiger charge is 2.33.